The topological polar surface area (TPSA) is 37.3 Å². The van der Waals surface area contributed by atoms with Crippen molar-refractivity contribution >= 4 is 29.2 Å². The van der Waals surface area contributed by atoms with Gasteiger partial charge < -0.3 is 9.88 Å². The molecule has 1 N–H and O–H groups in total. The van der Waals surface area contributed by atoms with E-state index in [4.69, 9.17) is 0 Å². The van der Waals surface area contributed by atoms with Crippen molar-refractivity contribution in [3.8, 4) is 11.3 Å². The lowest BCUT2D eigenvalue weighted by Gasteiger charge is -2.39. The van der Waals surface area contributed by atoms with Crippen LogP contribution in [0.3, 0.4) is 0 Å². The average Bonchev–Trinajstić information content (AvgIpc) is 3.29. The molecule has 180 valence electrons. The Morgan fingerprint density at radius 2 is 1.46 bits per heavy atom. The van der Waals surface area contributed by atoms with Crippen molar-refractivity contribution < 1.29 is 4.79 Å². The number of piperidine rings is 1. The largest absolute Gasteiger partial charge is 0.349 e. The van der Waals surface area contributed by atoms with Gasteiger partial charge in [0.1, 0.15) is 0 Å². The van der Waals surface area contributed by atoms with Gasteiger partial charge in [-0.3, -0.25) is 9.69 Å². The van der Waals surface area contributed by atoms with E-state index in [1.54, 1.807) is 0 Å². The molecule has 2 saturated heterocycles. The first-order valence-corrected chi connectivity index (χ1v) is 12.4. The molecule has 0 radical (unpaired) electrons. The van der Waals surface area contributed by atoms with E-state index in [1.165, 1.54) is 18.4 Å². The summed E-state index contributed by atoms with van der Waals surface area (Å²) in [5, 5.41) is 4.48. The summed E-state index contributed by atoms with van der Waals surface area (Å²) in [7, 11) is 2.06. The van der Waals surface area contributed by atoms with E-state index in [9.17, 15) is 4.79 Å². The van der Waals surface area contributed by atoms with Crippen molar-refractivity contribution in [2.45, 2.75) is 50.4 Å². The Hall–Kier alpha value is -3.08. The molecule has 1 aromatic heterocycles. The van der Waals surface area contributed by atoms with Crippen LogP contribution >= 0.6 is 12.4 Å². The molecule has 4 nitrogen and oxygen atoms in total. The third-order valence-electron chi connectivity index (χ3n) is 7.81. The number of halogens is 1. The fraction of sp³-hybridized carbons (Fsp3) is 0.300. The number of aryl methyl sites for hydroxylation is 1. The van der Waals surface area contributed by atoms with Gasteiger partial charge in [-0.1, -0.05) is 78.9 Å². The summed E-state index contributed by atoms with van der Waals surface area (Å²) in [4.78, 5) is 16.5. The molecule has 3 aromatic carbocycles. The molecule has 6 rings (SSSR count). The average molecular weight is 486 g/mol. The quantitative estimate of drug-likeness (QED) is 0.366. The van der Waals surface area contributed by atoms with E-state index >= 15 is 0 Å². The molecule has 4 aromatic rings. The zero-order valence-electron chi connectivity index (χ0n) is 20.1. The van der Waals surface area contributed by atoms with Crippen molar-refractivity contribution in [1.82, 2.24) is 14.8 Å². The highest BCUT2D eigenvalue weighted by Gasteiger charge is 2.41. The van der Waals surface area contributed by atoms with Crippen LogP contribution in [0.5, 0.6) is 0 Å². The first-order valence-electron chi connectivity index (χ1n) is 12.4. The SMILES string of the molecule is Cl.Cn1c(-c2ccccc2)c(C(=O)NC2CC3CCC(C2)N3Cc2ccccc2)c2ccccc21. The van der Waals surface area contributed by atoms with Crippen molar-refractivity contribution in [2.24, 2.45) is 7.05 Å². The number of para-hydroxylation sites is 1. The van der Waals surface area contributed by atoms with E-state index in [0.29, 0.717) is 12.1 Å². The molecular weight excluding hydrogens is 454 g/mol. The predicted octanol–water partition coefficient (Wildman–Crippen LogP) is 6.19. The Balaban J connectivity index is 0.00000253. The monoisotopic (exact) mass is 485 g/mol. The highest BCUT2D eigenvalue weighted by Crippen LogP contribution is 2.38. The molecule has 2 aliphatic heterocycles. The number of hydrogen-bond donors (Lipinski definition) is 1. The Kier molecular flexibility index (Phi) is 6.68. The fourth-order valence-corrected chi connectivity index (χ4v) is 6.26. The van der Waals surface area contributed by atoms with Gasteiger partial charge in [0.05, 0.1) is 11.3 Å². The summed E-state index contributed by atoms with van der Waals surface area (Å²) in [6.45, 7) is 1.01. The molecule has 2 unspecified atom stereocenters. The van der Waals surface area contributed by atoms with Crippen molar-refractivity contribution in [3.63, 3.8) is 0 Å². The van der Waals surface area contributed by atoms with Gasteiger partial charge in [-0.2, -0.15) is 0 Å². The lowest BCUT2D eigenvalue weighted by Crippen LogP contribution is -2.50. The van der Waals surface area contributed by atoms with E-state index in [1.807, 2.05) is 30.3 Å². The second-order valence-corrected chi connectivity index (χ2v) is 9.85. The molecule has 0 saturated carbocycles. The van der Waals surface area contributed by atoms with Crippen LogP contribution in [-0.4, -0.2) is 33.5 Å². The van der Waals surface area contributed by atoms with Gasteiger partial charge >= 0.3 is 0 Å². The number of rotatable bonds is 5. The molecule has 2 atom stereocenters. The molecule has 35 heavy (non-hydrogen) atoms. The van der Waals surface area contributed by atoms with Gasteiger partial charge in [0.25, 0.3) is 5.91 Å². The predicted molar refractivity (Wildman–Crippen MR) is 145 cm³/mol. The van der Waals surface area contributed by atoms with Crippen LogP contribution in [0.25, 0.3) is 22.2 Å². The molecule has 0 spiro atoms. The van der Waals surface area contributed by atoms with Gasteiger partial charge in [0, 0.05) is 42.6 Å². The molecule has 2 bridgehead atoms. The number of fused-ring (bicyclic) bond motifs is 3. The summed E-state index contributed by atoms with van der Waals surface area (Å²) in [6, 6.07) is 30.6. The smallest absolute Gasteiger partial charge is 0.254 e. The molecule has 2 fully saturated rings. The van der Waals surface area contributed by atoms with Gasteiger partial charge in [-0.05, 0) is 42.9 Å². The minimum Gasteiger partial charge on any atom is -0.349 e. The summed E-state index contributed by atoms with van der Waals surface area (Å²) in [6.07, 6.45) is 4.52. The van der Waals surface area contributed by atoms with Crippen LogP contribution in [0, 0.1) is 0 Å². The number of carbonyl (C=O) groups is 1. The van der Waals surface area contributed by atoms with E-state index in [0.717, 1.165) is 47.1 Å². The minimum absolute atomic E-state index is 0. The Labute approximate surface area is 213 Å². The van der Waals surface area contributed by atoms with Crippen molar-refractivity contribution in [2.75, 3.05) is 0 Å². The number of amides is 1. The summed E-state index contributed by atoms with van der Waals surface area (Å²) < 4.78 is 2.16. The highest BCUT2D eigenvalue weighted by molar-refractivity contribution is 6.12. The molecular formula is C30H32ClN3O. The van der Waals surface area contributed by atoms with Crippen molar-refractivity contribution in [3.05, 3.63) is 96.1 Å². The molecule has 0 aliphatic carbocycles. The van der Waals surface area contributed by atoms with Crippen LogP contribution in [0.2, 0.25) is 0 Å². The van der Waals surface area contributed by atoms with Crippen LogP contribution in [0.4, 0.5) is 0 Å². The van der Waals surface area contributed by atoms with Crippen LogP contribution < -0.4 is 5.32 Å². The minimum atomic E-state index is 0. The maximum Gasteiger partial charge on any atom is 0.254 e. The van der Waals surface area contributed by atoms with E-state index in [2.05, 4.69) is 76.4 Å². The molecule has 3 heterocycles. The number of benzene rings is 3. The molecule has 1 amide bonds. The lowest BCUT2D eigenvalue weighted by molar-refractivity contribution is 0.0829. The summed E-state index contributed by atoms with van der Waals surface area (Å²) in [5.41, 5.74) is 5.32. The van der Waals surface area contributed by atoms with Crippen molar-refractivity contribution in [1.29, 1.82) is 0 Å². The van der Waals surface area contributed by atoms with Crippen LogP contribution in [0.1, 0.15) is 41.6 Å². The second kappa shape index (κ2) is 9.88. The normalized spacial score (nSPS) is 21.6. The maximum atomic E-state index is 13.8. The Bertz CT molecular complexity index is 1300. The maximum absolute atomic E-state index is 13.8. The highest BCUT2D eigenvalue weighted by atomic mass is 35.5. The van der Waals surface area contributed by atoms with E-state index in [-0.39, 0.29) is 24.4 Å². The summed E-state index contributed by atoms with van der Waals surface area (Å²) in [5.74, 6) is 0.0524. The number of aromatic nitrogens is 1. The third kappa shape index (κ3) is 4.37. The third-order valence-corrected chi connectivity index (χ3v) is 7.81. The standard InChI is InChI=1S/C30H31N3O.ClH/c1-32-27-15-9-8-14-26(27)28(29(32)22-12-6-3-7-13-22)30(34)31-23-18-24-16-17-25(19-23)33(24)20-21-10-4-2-5-11-21;/h2-15,23-25H,16-20H2,1H3,(H,31,34);1H. The van der Waals surface area contributed by atoms with Crippen LogP contribution in [0.15, 0.2) is 84.9 Å². The number of hydrogen-bond acceptors (Lipinski definition) is 2. The van der Waals surface area contributed by atoms with Gasteiger partial charge in [-0.15, -0.1) is 12.4 Å². The van der Waals surface area contributed by atoms with Crippen LogP contribution in [-0.2, 0) is 13.6 Å². The zero-order valence-corrected chi connectivity index (χ0v) is 20.9. The van der Waals surface area contributed by atoms with E-state index < -0.39 is 0 Å². The Morgan fingerprint density at radius 1 is 0.857 bits per heavy atom. The Morgan fingerprint density at radius 3 is 2.14 bits per heavy atom. The van der Waals surface area contributed by atoms with Gasteiger partial charge in [0.15, 0.2) is 0 Å². The fourth-order valence-electron chi connectivity index (χ4n) is 6.26. The number of nitrogens with one attached hydrogen (secondary N) is 1. The number of carbonyl (C=O) groups excluding carboxylic acids is 1. The molecule has 5 heteroatoms. The lowest BCUT2D eigenvalue weighted by atomic mass is 9.95. The molecule has 2 aliphatic rings. The first-order chi connectivity index (χ1) is 16.7. The first kappa shape index (κ1) is 23.7. The number of nitrogens with zero attached hydrogens (tertiary/aromatic N) is 2. The van der Waals surface area contributed by atoms with Gasteiger partial charge in [0.2, 0.25) is 0 Å². The van der Waals surface area contributed by atoms with Gasteiger partial charge in [-0.25, -0.2) is 0 Å². The summed E-state index contributed by atoms with van der Waals surface area (Å²) >= 11 is 0. The zero-order chi connectivity index (χ0) is 23.1. The second-order valence-electron chi connectivity index (χ2n) is 9.85.